The third-order valence-electron chi connectivity index (χ3n) is 5.20. The van der Waals surface area contributed by atoms with Gasteiger partial charge in [0.2, 0.25) is 5.91 Å². The van der Waals surface area contributed by atoms with Crippen LogP contribution < -0.4 is 4.90 Å². The first-order chi connectivity index (χ1) is 10.5. The van der Waals surface area contributed by atoms with Crippen molar-refractivity contribution < 1.29 is 4.79 Å². The molecule has 0 aromatic heterocycles. The van der Waals surface area contributed by atoms with Gasteiger partial charge in [0.15, 0.2) is 0 Å². The number of hydrogen-bond acceptors (Lipinski definition) is 2. The van der Waals surface area contributed by atoms with E-state index in [1.54, 1.807) is 6.92 Å². The molecule has 3 nitrogen and oxygen atoms in total. The maximum Gasteiger partial charge on any atom is 0.220 e. The predicted molar refractivity (Wildman–Crippen MR) is 91.1 cm³/mol. The molecule has 1 saturated heterocycles. The summed E-state index contributed by atoms with van der Waals surface area (Å²) in [7, 11) is 0. The van der Waals surface area contributed by atoms with E-state index in [1.807, 2.05) is 0 Å². The zero-order valence-corrected chi connectivity index (χ0v) is 14.2. The summed E-state index contributed by atoms with van der Waals surface area (Å²) in [4.78, 5) is 17.0. The lowest BCUT2D eigenvalue weighted by Gasteiger charge is -2.49. The zero-order valence-electron chi connectivity index (χ0n) is 14.2. The fraction of sp³-hybridized carbons (Fsp3) is 0.632. The Morgan fingerprint density at radius 2 is 1.95 bits per heavy atom. The number of amides is 1. The Morgan fingerprint density at radius 1 is 1.23 bits per heavy atom. The van der Waals surface area contributed by atoms with Crippen molar-refractivity contribution in [2.75, 3.05) is 18.0 Å². The van der Waals surface area contributed by atoms with Gasteiger partial charge < -0.3 is 9.80 Å². The third-order valence-corrected chi connectivity index (χ3v) is 5.20. The summed E-state index contributed by atoms with van der Waals surface area (Å²) in [6.07, 6.45) is 2.56. The Morgan fingerprint density at radius 3 is 2.50 bits per heavy atom. The van der Waals surface area contributed by atoms with Crippen molar-refractivity contribution in [3.63, 3.8) is 0 Å². The van der Waals surface area contributed by atoms with Crippen LogP contribution in [-0.4, -0.2) is 36.0 Å². The molecule has 3 rings (SSSR count). The maximum atomic E-state index is 12.3. The molecule has 1 aromatic carbocycles. The fourth-order valence-corrected chi connectivity index (χ4v) is 3.84. The summed E-state index contributed by atoms with van der Waals surface area (Å²) in [6, 6.07) is 9.46. The molecular weight excluding hydrogens is 272 g/mol. The zero-order chi connectivity index (χ0) is 15.9. The first kappa shape index (κ1) is 15.4. The van der Waals surface area contributed by atoms with Gasteiger partial charge in [-0.2, -0.15) is 0 Å². The number of carbonyl (C=O) groups excluding carboxylic acids is 1. The van der Waals surface area contributed by atoms with Gasteiger partial charge in [0.1, 0.15) is 0 Å². The van der Waals surface area contributed by atoms with E-state index in [2.05, 4.69) is 54.8 Å². The van der Waals surface area contributed by atoms with Crippen LogP contribution in [0.25, 0.3) is 0 Å². The third kappa shape index (κ3) is 2.99. The SMILES string of the molecule is CC(=O)N1C(C(C)C)CN(c2cccc(C)c2)CC1C1CC1. The van der Waals surface area contributed by atoms with Crippen molar-refractivity contribution in [1.29, 1.82) is 0 Å². The molecule has 2 atom stereocenters. The molecule has 1 aromatic rings. The molecule has 1 heterocycles. The van der Waals surface area contributed by atoms with Crippen molar-refractivity contribution in [3.05, 3.63) is 29.8 Å². The number of aryl methyl sites for hydroxylation is 1. The molecule has 1 amide bonds. The molecule has 0 radical (unpaired) electrons. The summed E-state index contributed by atoms with van der Waals surface area (Å²) in [6.45, 7) is 10.3. The average molecular weight is 300 g/mol. The Bertz CT molecular complexity index is 538. The van der Waals surface area contributed by atoms with Crippen LogP contribution in [0.15, 0.2) is 24.3 Å². The first-order valence-electron chi connectivity index (χ1n) is 8.58. The minimum atomic E-state index is 0.250. The molecule has 2 unspecified atom stereocenters. The van der Waals surface area contributed by atoms with Gasteiger partial charge in [-0.1, -0.05) is 26.0 Å². The summed E-state index contributed by atoms with van der Waals surface area (Å²) in [5.74, 6) is 1.44. The molecule has 22 heavy (non-hydrogen) atoms. The Hall–Kier alpha value is -1.51. The quantitative estimate of drug-likeness (QED) is 0.853. The Kier molecular flexibility index (Phi) is 4.16. The minimum Gasteiger partial charge on any atom is -0.367 e. The molecule has 3 heteroatoms. The van der Waals surface area contributed by atoms with E-state index in [0.717, 1.165) is 13.1 Å². The molecular formula is C19H28N2O. The summed E-state index contributed by atoms with van der Waals surface area (Å²) in [5.41, 5.74) is 2.61. The van der Waals surface area contributed by atoms with Gasteiger partial charge in [-0.05, 0) is 49.3 Å². The second kappa shape index (κ2) is 5.94. The van der Waals surface area contributed by atoms with Crippen molar-refractivity contribution in [1.82, 2.24) is 4.90 Å². The largest absolute Gasteiger partial charge is 0.367 e. The van der Waals surface area contributed by atoms with E-state index in [4.69, 9.17) is 0 Å². The molecule has 1 saturated carbocycles. The number of piperazine rings is 1. The fourth-order valence-electron chi connectivity index (χ4n) is 3.84. The van der Waals surface area contributed by atoms with Crippen molar-refractivity contribution >= 4 is 11.6 Å². The van der Waals surface area contributed by atoms with Crippen molar-refractivity contribution in [3.8, 4) is 0 Å². The molecule has 0 bridgehead atoms. The van der Waals surface area contributed by atoms with Gasteiger partial charge in [-0.15, -0.1) is 0 Å². The highest BCUT2D eigenvalue weighted by Gasteiger charge is 2.44. The number of benzene rings is 1. The standard InChI is InChI=1S/C19H28N2O/c1-13(2)18-11-20(17-7-5-6-14(3)10-17)12-19(16-8-9-16)21(18)15(4)22/h5-7,10,13,16,18-19H,8-9,11-12H2,1-4H3. The van der Waals surface area contributed by atoms with Gasteiger partial charge in [-0.25, -0.2) is 0 Å². The van der Waals surface area contributed by atoms with E-state index in [9.17, 15) is 4.79 Å². The second-order valence-corrected chi connectivity index (χ2v) is 7.39. The van der Waals surface area contributed by atoms with Crippen LogP contribution in [0.5, 0.6) is 0 Å². The lowest BCUT2D eigenvalue weighted by molar-refractivity contribution is -0.136. The summed E-state index contributed by atoms with van der Waals surface area (Å²) in [5, 5.41) is 0. The van der Waals surface area contributed by atoms with Gasteiger partial charge in [0.25, 0.3) is 0 Å². The van der Waals surface area contributed by atoms with Crippen LogP contribution in [0.3, 0.4) is 0 Å². The molecule has 0 spiro atoms. The molecule has 120 valence electrons. The number of hydrogen-bond donors (Lipinski definition) is 0. The highest BCUT2D eigenvalue weighted by molar-refractivity contribution is 5.75. The Labute approximate surface area is 134 Å². The first-order valence-corrected chi connectivity index (χ1v) is 8.58. The lowest BCUT2D eigenvalue weighted by Crippen LogP contribution is -2.62. The van der Waals surface area contributed by atoms with E-state index in [1.165, 1.54) is 24.1 Å². The van der Waals surface area contributed by atoms with E-state index in [0.29, 0.717) is 23.9 Å². The van der Waals surface area contributed by atoms with Gasteiger partial charge in [0.05, 0.1) is 12.1 Å². The molecule has 2 aliphatic rings. The van der Waals surface area contributed by atoms with Crippen molar-refractivity contribution in [2.24, 2.45) is 11.8 Å². The van der Waals surface area contributed by atoms with Gasteiger partial charge in [-0.3, -0.25) is 4.79 Å². The van der Waals surface area contributed by atoms with Crippen LogP contribution in [0.4, 0.5) is 5.69 Å². The van der Waals surface area contributed by atoms with Gasteiger partial charge >= 0.3 is 0 Å². The number of anilines is 1. The van der Waals surface area contributed by atoms with E-state index >= 15 is 0 Å². The van der Waals surface area contributed by atoms with Crippen LogP contribution in [0.1, 0.15) is 39.2 Å². The van der Waals surface area contributed by atoms with Crippen molar-refractivity contribution in [2.45, 2.75) is 52.6 Å². The number of carbonyl (C=O) groups is 1. The smallest absolute Gasteiger partial charge is 0.220 e. The van der Waals surface area contributed by atoms with E-state index < -0.39 is 0 Å². The molecule has 1 aliphatic carbocycles. The molecule has 1 aliphatic heterocycles. The predicted octanol–water partition coefficient (Wildman–Crippen LogP) is 3.47. The highest BCUT2D eigenvalue weighted by atomic mass is 16.2. The minimum absolute atomic E-state index is 0.250. The van der Waals surface area contributed by atoms with Crippen LogP contribution in [0, 0.1) is 18.8 Å². The van der Waals surface area contributed by atoms with Gasteiger partial charge in [0, 0.05) is 25.7 Å². The molecule has 2 fully saturated rings. The van der Waals surface area contributed by atoms with Crippen LogP contribution in [-0.2, 0) is 4.79 Å². The number of rotatable bonds is 3. The maximum absolute atomic E-state index is 12.3. The molecule has 0 N–H and O–H groups in total. The van der Waals surface area contributed by atoms with Crippen LogP contribution >= 0.6 is 0 Å². The second-order valence-electron chi connectivity index (χ2n) is 7.39. The Balaban J connectivity index is 1.90. The van der Waals surface area contributed by atoms with Crippen LogP contribution in [0.2, 0.25) is 0 Å². The monoisotopic (exact) mass is 300 g/mol. The highest BCUT2D eigenvalue weighted by Crippen LogP contribution is 2.40. The normalized spacial score (nSPS) is 25.7. The lowest BCUT2D eigenvalue weighted by atomic mass is 9.93. The van der Waals surface area contributed by atoms with E-state index in [-0.39, 0.29) is 5.91 Å². The summed E-state index contributed by atoms with van der Waals surface area (Å²) >= 11 is 0. The summed E-state index contributed by atoms with van der Waals surface area (Å²) < 4.78 is 0. The average Bonchev–Trinajstić information content (AvgIpc) is 3.30. The number of nitrogens with zero attached hydrogens (tertiary/aromatic N) is 2. The topological polar surface area (TPSA) is 23.6 Å².